The minimum atomic E-state index is -4.24. The molecule has 0 saturated heterocycles. The van der Waals surface area contributed by atoms with Gasteiger partial charge in [-0.05, 0) is 53.6 Å². The number of benzene rings is 3. The molecule has 4 aromatic rings. The Kier molecular flexibility index (Phi) is 9.15. The Balaban J connectivity index is 1.42. The van der Waals surface area contributed by atoms with Gasteiger partial charge in [0.1, 0.15) is 11.8 Å². The minimum absolute atomic E-state index is 0.0652. The van der Waals surface area contributed by atoms with Gasteiger partial charge in [-0.15, -0.1) is 0 Å². The predicted molar refractivity (Wildman–Crippen MR) is 151 cm³/mol. The lowest BCUT2D eigenvalue weighted by molar-refractivity contribution is -0.120. The van der Waals surface area contributed by atoms with Crippen molar-refractivity contribution in [3.63, 3.8) is 0 Å². The lowest BCUT2D eigenvalue weighted by atomic mass is 10.0. The van der Waals surface area contributed by atoms with Crippen LogP contribution < -0.4 is 24.4 Å². The maximum atomic E-state index is 13.4. The maximum absolute atomic E-state index is 13.4. The second-order valence-corrected chi connectivity index (χ2v) is 10.4. The van der Waals surface area contributed by atoms with E-state index in [4.69, 9.17) is 4.74 Å². The van der Waals surface area contributed by atoms with Crippen LogP contribution in [0.4, 0.5) is 10.5 Å². The molecule has 0 radical (unpaired) electrons. The molecule has 1 heterocycles. The summed E-state index contributed by atoms with van der Waals surface area (Å²) in [6.45, 7) is -0.0652. The molecule has 0 spiro atoms. The summed E-state index contributed by atoms with van der Waals surface area (Å²) in [5, 5.41) is 6.69. The van der Waals surface area contributed by atoms with Crippen LogP contribution in [-0.2, 0) is 28.0 Å². The summed E-state index contributed by atoms with van der Waals surface area (Å²) < 4.78 is 36.4. The van der Waals surface area contributed by atoms with Crippen LogP contribution in [0.25, 0.3) is 5.69 Å². The van der Waals surface area contributed by atoms with E-state index in [0.717, 1.165) is 11.3 Å². The number of nitrogens with one attached hydrogen (secondary N) is 3. The highest BCUT2D eigenvalue weighted by Crippen LogP contribution is 2.19. The molecule has 0 bridgehead atoms. The Morgan fingerprint density at radius 1 is 0.975 bits per heavy atom. The molecule has 1 aromatic heterocycles. The number of ether oxygens (including phenoxy) is 1. The van der Waals surface area contributed by atoms with E-state index in [9.17, 15) is 18.0 Å². The molecule has 3 N–H and O–H groups in total. The van der Waals surface area contributed by atoms with Crippen LogP contribution in [-0.4, -0.2) is 50.3 Å². The number of hydrogen-bond donors (Lipinski definition) is 3. The Hall–Kier alpha value is -4.68. The summed E-state index contributed by atoms with van der Waals surface area (Å²) >= 11 is 0. The van der Waals surface area contributed by atoms with E-state index in [0.29, 0.717) is 17.0 Å². The first kappa shape index (κ1) is 28.3. The van der Waals surface area contributed by atoms with E-state index >= 15 is 0 Å². The molecule has 0 unspecified atom stereocenters. The van der Waals surface area contributed by atoms with Gasteiger partial charge in [0.05, 0.1) is 12.8 Å². The number of nitrogens with zero attached hydrogens (tertiary/aromatic N) is 3. The molecule has 4 rings (SSSR count). The third-order valence-electron chi connectivity index (χ3n) is 6.05. The topological polar surface area (TPSA) is 135 Å². The van der Waals surface area contributed by atoms with Gasteiger partial charge in [0.15, 0.2) is 0 Å². The normalized spacial score (nSPS) is 11.8. The van der Waals surface area contributed by atoms with Crippen molar-refractivity contribution in [3.05, 3.63) is 108 Å². The van der Waals surface area contributed by atoms with Crippen LogP contribution in [0.1, 0.15) is 11.1 Å². The summed E-state index contributed by atoms with van der Waals surface area (Å²) in [4.78, 5) is 27.6. The Morgan fingerprint density at radius 2 is 1.70 bits per heavy atom. The number of methoxy groups -OCH3 is 1. The predicted octanol–water partition coefficient (Wildman–Crippen LogP) is 2.79. The summed E-state index contributed by atoms with van der Waals surface area (Å²) in [7, 11) is -1.12. The van der Waals surface area contributed by atoms with Crippen LogP contribution in [0.15, 0.2) is 97.3 Å². The van der Waals surface area contributed by atoms with Crippen molar-refractivity contribution in [2.75, 3.05) is 19.1 Å². The molecule has 1 atom stereocenters. The van der Waals surface area contributed by atoms with Gasteiger partial charge < -0.3 is 15.0 Å². The number of aromatic nitrogens is 2. The zero-order chi connectivity index (χ0) is 28.5. The standard InChI is InChI=1S/C28H30N6O5S/c1-33(23-12-14-25(39-2)15-13-23)27(35)26(19-21-8-4-3-5-9-21)31-28(36)32-40(37,38)30-20-22-10-6-11-24(18-22)34-17-7-16-29-34/h3-18,26,30H,19-20H2,1-2H3,(H2,31,32,36)/t26-/m0/s1. The van der Waals surface area contributed by atoms with Crippen LogP contribution in [0.2, 0.25) is 0 Å². The summed E-state index contributed by atoms with van der Waals surface area (Å²) in [6.07, 6.45) is 3.57. The lowest BCUT2D eigenvalue weighted by Crippen LogP contribution is -2.54. The average Bonchev–Trinajstić information content (AvgIpc) is 3.51. The summed E-state index contributed by atoms with van der Waals surface area (Å²) in [6, 6.07) is 22.8. The largest absolute Gasteiger partial charge is 0.497 e. The molecule has 3 aromatic carbocycles. The number of likely N-dealkylation sites (N-methyl/N-ethyl adjacent to an activating group) is 1. The van der Waals surface area contributed by atoms with Crippen molar-refractivity contribution in [2.24, 2.45) is 0 Å². The van der Waals surface area contributed by atoms with Crippen molar-refractivity contribution in [2.45, 2.75) is 19.0 Å². The van der Waals surface area contributed by atoms with Crippen LogP contribution in [0.3, 0.4) is 0 Å². The second kappa shape index (κ2) is 12.9. The van der Waals surface area contributed by atoms with Crippen molar-refractivity contribution >= 4 is 27.8 Å². The second-order valence-electron chi connectivity index (χ2n) is 8.86. The van der Waals surface area contributed by atoms with Gasteiger partial charge in [-0.3, -0.25) is 4.79 Å². The quantitative estimate of drug-likeness (QED) is 0.257. The third-order valence-corrected chi connectivity index (χ3v) is 7.03. The molecule has 0 aliphatic heterocycles. The van der Waals surface area contributed by atoms with Gasteiger partial charge in [0.25, 0.3) is 0 Å². The van der Waals surface area contributed by atoms with E-state index < -0.39 is 28.2 Å². The Labute approximate surface area is 233 Å². The van der Waals surface area contributed by atoms with Gasteiger partial charge in [-0.2, -0.15) is 18.2 Å². The molecule has 0 aliphatic rings. The third kappa shape index (κ3) is 7.68. The van der Waals surface area contributed by atoms with Crippen LogP contribution >= 0.6 is 0 Å². The van der Waals surface area contributed by atoms with Gasteiger partial charge in [-0.1, -0.05) is 42.5 Å². The maximum Gasteiger partial charge on any atom is 0.330 e. The zero-order valence-electron chi connectivity index (χ0n) is 22.0. The van der Waals surface area contributed by atoms with E-state index in [-0.39, 0.29) is 13.0 Å². The molecule has 0 saturated carbocycles. The van der Waals surface area contributed by atoms with E-state index in [1.165, 1.54) is 4.90 Å². The Morgan fingerprint density at radius 3 is 2.38 bits per heavy atom. The highest BCUT2D eigenvalue weighted by molar-refractivity contribution is 7.88. The monoisotopic (exact) mass is 562 g/mol. The van der Waals surface area contributed by atoms with Crippen molar-refractivity contribution in [1.82, 2.24) is 24.5 Å². The van der Waals surface area contributed by atoms with E-state index in [1.807, 2.05) is 41.1 Å². The fraction of sp³-hybridized carbons (Fsp3) is 0.179. The fourth-order valence-electron chi connectivity index (χ4n) is 3.97. The number of rotatable bonds is 11. The van der Waals surface area contributed by atoms with Gasteiger partial charge in [-0.25, -0.2) is 14.2 Å². The molecular weight excluding hydrogens is 532 g/mol. The molecule has 11 nitrogen and oxygen atoms in total. The number of amides is 3. The van der Waals surface area contributed by atoms with Crippen molar-refractivity contribution in [1.29, 1.82) is 0 Å². The first-order valence-corrected chi connectivity index (χ1v) is 13.8. The van der Waals surface area contributed by atoms with Gasteiger partial charge in [0, 0.05) is 38.1 Å². The van der Waals surface area contributed by atoms with Gasteiger partial charge in [0.2, 0.25) is 5.91 Å². The molecule has 0 aliphatic carbocycles. The molecule has 208 valence electrons. The smallest absolute Gasteiger partial charge is 0.330 e. The molecular formula is C28H30N6O5S. The van der Waals surface area contributed by atoms with Crippen LogP contribution in [0, 0.1) is 0 Å². The number of hydrogen-bond acceptors (Lipinski definition) is 6. The number of anilines is 1. The first-order chi connectivity index (χ1) is 19.2. The number of carbonyl (C=O) groups excluding carboxylic acids is 2. The van der Waals surface area contributed by atoms with Gasteiger partial charge >= 0.3 is 16.2 Å². The van der Waals surface area contributed by atoms with E-state index in [1.54, 1.807) is 79.8 Å². The molecule has 3 amide bonds. The number of urea groups is 1. The summed E-state index contributed by atoms with van der Waals surface area (Å²) in [5.41, 5.74) is 2.80. The van der Waals surface area contributed by atoms with Crippen molar-refractivity contribution < 1.29 is 22.7 Å². The summed E-state index contributed by atoms with van der Waals surface area (Å²) in [5.74, 6) is 0.207. The van der Waals surface area contributed by atoms with Crippen molar-refractivity contribution in [3.8, 4) is 11.4 Å². The highest BCUT2D eigenvalue weighted by Gasteiger charge is 2.27. The Bertz CT molecular complexity index is 1530. The number of carbonyl (C=O) groups is 2. The average molecular weight is 563 g/mol. The highest BCUT2D eigenvalue weighted by atomic mass is 32.2. The first-order valence-electron chi connectivity index (χ1n) is 12.4. The molecule has 12 heteroatoms. The molecule has 0 fully saturated rings. The fourth-order valence-corrected chi connectivity index (χ4v) is 4.70. The SMILES string of the molecule is COc1ccc(N(C)C(=O)[C@H](Cc2ccccc2)NC(=O)NS(=O)(=O)NCc2cccc(-n3cccn3)c2)cc1. The van der Waals surface area contributed by atoms with E-state index in [2.05, 4.69) is 15.1 Å². The lowest BCUT2D eigenvalue weighted by Gasteiger charge is -2.25. The zero-order valence-corrected chi connectivity index (χ0v) is 22.8. The van der Waals surface area contributed by atoms with Crippen LogP contribution in [0.5, 0.6) is 5.75 Å². The minimum Gasteiger partial charge on any atom is -0.497 e. The molecule has 40 heavy (non-hydrogen) atoms.